The van der Waals surface area contributed by atoms with E-state index < -0.39 is 0 Å². The Hall–Kier alpha value is -1.16. The number of amides is 1. The topological polar surface area (TPSA) is 32.3 Å². The number of fused-ring (bicyclic) bond motifs is 1. The molecule has 1 aliphatic rings. The zero-order valence-corrected chi connectivity index (χ0v) is 7.88. The van der Waals surface area contributed by atoms with E-state index in [0.717, 1.165) is 12.3 Å². The van der Waals surface area contributed by atoms with E-state index in [-0.39, 0.29) is 0 Å². The van der Waals surface area contributed by atoms with Crippen molar-refractivity contribution in [3.05, 3.63) is 24.3 Å². The molecule has 1 aromatic rings. The minimum atomic E-state index is 0.591. The molecule has 68 valence electrons. The number of para-hydroxylation sites is 1. The van der Waals surface area contributed by atoms with E-state index in [9.17, 15) is 4.79 Å². The van der Waals surface area contributed by atoms with Crippen LogP contribution in [0.25, 0.3) is 0 Å². The SMILES string of the molecule is O=CNCN1CSc2ccccc21. The lowest BCUT2D eigenvalue weighted by molar-refractivity contribution is -0.109. The molecule has 1 N–H and O–H groups in total. The third-order valence-electron chi connectivity index (χ3n) is 1.95. The lowest BCUT2D eigenvalue weighted by Gasteiger charge is -2.16. The maximum absolute atomic E-state index is 10.1. The van der Waals surface area contributed by atoms with Crippen LogP contribution in [-0.2, 0) is 4.79 Å². The van der Waals surface area contributed by atoms with E-state index in [2.05, 4.69) is 22.3 Å². The summed E-state index contributed by atoms with van der Waals surface area (Å²) in [5.74, 6) is 0.917. The van der Waals surface area contributed by atoms with Crippen molar-refractivity contribution >= 4 is 23.9 Å². The second kappa shape index (κ2) is 3.70. The lowest BCUT2D eigenvalue weighted by atomic mass is 10.3. The van der Waals surface area contributed by atoms with Gasteiger partial charge >= 0.3 is 0 Å². The van der Waals surface area contributed by atoms with Gasteiger partial charge in [0.15, 0.2) is 0 Å². The largest absolute Gasteiger partial charge is 0.343 e. The third-order valence-corrected chi connectivity index (χ3v) is 3.04. The molecule has 0 saturated heterocycles. The van der Waals surface area contributed by atoms with Crippen LogP contribution in [0.3, 0.4) is 0 Å². The Labute approximate surface area is 81.1 Å². The zero-order chi connectivity index (χ0) is 9.10. The summed E-state index contributed by atoms with van der Waals surface area (Å²) in [5, 5.41) is 2.66. The molecule has 1 aliphatic heterocycles. The van der Waals surface area contributed by atoms with Crippen LogP contribution < -0.4 is 10.2 Å². The highest BCUT2D eigenvalue weighted by Crippen LogP contribution is 2.37. The first-order valence-electron chi connectivity index (χ1n) is 4.05. The summed E-state index contributed by atoms with van der Waals surface area (Å²) >= 11 is 1.80. The summed E-state index contributed by atoms with van der Waals surface area (Å²) < 4.78 is 0. The van der Waals surface area contributed by atoms with Gasteiger partial charge in [0.25, 0.3) is 0 Å². The molecule has 0 bridgehead atoms. The molecule has 0 aliphatic carbocycles. The van der Waals surface area contributed by atoms with E-state index in [1.54, 1.807) is 11.8 Å². The van der Waals surface area contributed by atoms with Crippen LogP contribution in [0.4, 0.5) is 5.69 Å². The molecule has 13 heavy (non-hydrogen) atoms. The molecule has 1 amide bonds. The van der Waals surface area contributed by atoms with Gasteiger partial charge in [-0.25, -0.2) is 0 Å². The number of carbonyl (C=O) groups excluding carboxylic acids is 1. The number of nitrogens with zero attached hydrogens (tertiary/aromatic N) is 1. The van der Waals surface area contributed by atoms with Gasteiger partial charge in [-0.2, -0.15) is 0 Å². The average Bonchev–Trinajstić information content (AvgIpc) is 2.58. The molecular weight excluding hydrogens is 184 g/mol. The Morgan fingerprint density at radius 3 is 3.23 bits per heavy atom. The average molecular weight is 194 g/mol. The molecular formula is C9H10N2OS. The molecule has 4 heteroatoms. The molecule has 0 atom stereocenters. The van der Waals surface area contributed by atoms with Crippen LogP contribution in [0, 0.1) is 0 Å². The summed E-state index contributed by atoms with van der Waals surface area (Å²) in [6.07, 6.45) is 0.728. The summed E-state index contributed by atoms with van der Waals surface area (Å²) in [4.78, 5) is 13.5. The Balaban J connectivity index is 2.13. The van der Waals surface area contributed by atoms with Crippen LogP contribution in [0.1, 0.15) is 0 Å². The zero-order valence-electron chi connectivity index (χ0n) is 7.06. The maximum Gasteiger partial charge on any atom is 0.208 e. The molecule has 0 saturated carbocycles. The molecule has 1 heterocycles. The van der Waals surface area contributed by atoms with Crippen molar-refractivity contribution in [3.63, 3.8) is 0 Å². The highest BCUT2D eigenvalue weighted by Gasteiger charge is 2.17. The number of thioether (sulfide) groups is 1. The summed E-state index contributed by atoms with van der Waals surface area (Å²) in [6.45, 7) is 0.591. The molecule has 0 spiro atoms. The van der Waals surface area contributed by atoms with Gasteiger partial charge in [0.2, 0.25) is 6.41 Å². The van der Waals surface area contributed by atoms with Gasteiger partial charge in [0.05, 0.1) is 18.2 Å². The summed E-state index contributed by atoms with van der Waals surface area (Å²) in [6, 6.07) is 8.21. The van der Waals surface area contributed by atoms with Gasteiger partial charge in [-0.15, -0.1) is 11.8 Å². The van der Waals surface area contributed by atoms with Crippen molar-refractivity contribution < 1.29 is 4.79 Å². The van der Waals surface area contributed by atoms with Crippen LogP contribution in [0.2, 0.25) is 0 Å². The minimum Gasteiger partial charge on any atom is -0.343 e. The second-order valence-corrected chi connectivity index (χ2v) is 3.75. The summed E-state index contributed by atoms with van der Waals surface area (Å²) in [5.41, 5.74) is 1.21. The van der Waals surface area contributed by atoms with Crippen molar-refractivity contribution in [2.75, 3.05) is 17.4 Å². The van der Waals surface area contributed by atoms with Crippen molar-refractivity contribution in [3.8, 4) is 0 Å². The van der Waals surface area contributed by atoms with Crippen molar-refractivity contribution in [1.29, 1.82) is 0 Å². The first kappa shape index (κ1) is 8.44. The minimum absolute atomic E-state index is 0.591. The summed E-state index contributed by atoms with van der Waals surface area (Å²) in [7, 11) is 0. The van der Waals surface area contributed by atoms with E-state index in [1.165, 1.54) is 10.6 Å². The number of hydrogen-bond donors (Lipinski definition) is 1. The number of benzene rings is 1. The normalized spacial score (nSPS) is 14.0. The van der Waals surface area contributed by atoms with Crippen LogP contribution in [0.15, 0.2) is 29.2 Å². The highest BCUT2D eigenvalue weighted by atomic mass is 32.2. The first-order chi connectivity index (χ1) is 6.42. The smallest absolute Gasteiger partial charge is 0.208 e. The number of rotatable bonds is 3. The number of nitrogens with one attached hydrogen (secondary N) is 1. The molecule has 0 fully saturated rings. The maximum atomic E-state index is 10.1. The second-order valence-electron chi connectivity index (χ2n) is 2.76. The monoisotopic (exact) mass is 194 g/mol. The third kappa shape index (κ3) is 1.62. The van der Waals surface area contributed by atoms with Gasteiger partial charge < -0.3 is 10.2 Å². The molecule has 3 nitrogen and oxygen atoms in total. The first-order valence-corrected chi connectivity index (χ1v) is 5.04. The molecule has 0 aromatic heterocycles. The van der Waals surface area contributed by atoms with E-state index in [0.29, 0.717) is 6.67 Å². The van der Waals surface area contributed by atoms with E-state index in [4.69, 9.17) is 0 Å². The Bertz CT molecular complexity index is 316. The van der Waals surface area contributed by atoms with Gasteiger partial charge in [0, 0.05) is 4.90 Å². The standard InChI is InChI=1S/C9H10N2OS/c12-6-10-5-11-7-13-9-4-2-1-3-8(9)11/h1-4,6H,5,7H2,(H,10,12). The molecule has 0 radical (unpaired) electrons. The van der Waals surface area contributed by atoms with Crippen LogP contribution >= 0.6 is 11.8 Å². The molecule has 0 unspecified atom stereocenters. The van der Waals surface area contributed by atoms with Gasteiger partial charge in [-0.3, -0.25) is 4.79 Å². The van der Waals surface area contributed by atoms with Crippen molar-refractivity contribution in [2.45, 2.75) is 4.90 Å². The molecule has 1 aromatic carbocycles. The van der Waals surface area contributed by atoms with Crippen LogP contribution in [-0.4, -0.2) is 19.0 Å². The molecule has 2 rings (SSSR count). The quantitative estimate of drug-likeness (QED) is 0.735. The van der Waals surface area contributed by atoms with E-state index >= 15 is 0 Å². The Morgan fingerprint density at radius 2 is 2.38 bits per heavy atom. The van der Waals surface area contributed by atoms with E-state index in [1.807, 2.05) is 12.1 Å². The predicted molar refractivity (Wildman–Crippen MR) is 53.7 cm³/mol. The number of anilines is 1. The Morgan fingerprint density at radius 1 is 1.54 bits per heavy atom. The van der Waals surface area contributed by atoms with Crippen LogP contribution in [0.5, 0.6) is 0 Å². The fraction of sp³-hybridized carbons (Fsp3) is 0.222. The lowest BCUT2D eigenvalue weighted by Crippen LogP contribution is -2.31. The Kier molecular flexibility index (Phi) is 2.40. The van der Waals surface area contributed by atoms with Crippen molar-refractivity contribution in [1.82, 2.24) is 5.32 Å². The number of hydrogen-bond acceptors (Lipinski definition) is 3. The fourth-order valence-corrected chi connectivity index (χ4v) is 2.38. The highest BCUT2D eigenvalue weighted by molar-refractivity contribution is 7.99. The van der Waals surface area contributed by atoms with Crippen molar-refractivity contribution in [2.24, 2.45) is 0 Å². The number of carbonyl (C=O) groups is 1. The predicted octanol–water partition coefficient (Wildman–Crippen LogP) is 1.26. The van der Waals surface area contributed by atoms with Gasteiger partial charge in [-0.05, 0) is 12.1 Å². The van der Waals surface area contributed by atoms with Gasteiger partial charge in [-0.1, -0.05) is 12.1 Å². The fourth-order valence-electron chi connectivity index (χ4n) is 1.34. The van der Waals surface area contributed by atoms with Gasteiger partial charge in [0.1, 0.15) is 0 Å².